The van der Waals surface area contributed by atoms with Crippen LogP contribution in [0.3, 0.4) is 0 Å². The first-order valence-corrected chi connectivity index (χ1v) is 13.4. The van der Waals surface area contributed by atoms with Crippen molar-refractivity contribution in [1.82, 2.24) is 16.0 Å². The minimum atomic E-state index is -1.27. The molecule has 0 heterocycles. The highest BCUT2D eigenvalue weighted by Gasteiger charge is 2.30. The Balaban J connectivity index is 5.61. The summed E-state index contributed by atoms with van der Waals surface area (Å²) in [5.41, 5.74) is 26.8. The molecular weight excluding hydrogens is 520 g/mol. The maximum absolute atomic E-state index is 13.1. The number of hydrogen-bond donors (Lipinski definition) is 10. The smallest absolute Gasteiger partial charge is 0.326 e. The Morgan fingerprint density at radius 2 is 1.21 bits per heavy atom. The third-order valence-electron chi connectivity index (χ3n) is 5.20. The van der Waals surface area contributed by atoms with Gasteiger partial charge < -0.3 is 54.8 Å². The maximum Gasteiger partial charge on any atom is 0.326 e. The number of nitrogens with zero attached hydrogens (tertiary/aromatic N) is 2. The van der Waals surface area contributed by atoms with Crippen LogP contribution in [0.5, 0.6) is 0 Å². The van der Waals surface area contributed by atoms with E-state index in [9.17, 15) is 29.4 Å². The van der Waals surface area contributed by atoms with E-state index in [1.54, 1.807) is 0 Å². The van der Waals surface area contributed by atoms with Gasteiger partial charge in [-0.05, 0) is 51.0 Å². The number of carbonyl (C=O) groups excluding carboxylic acids is 3. The van der Waals surface area contributed by atoms with E-state index in [0.29, 0.717) is 5.75 Å². The lowest BCUT2D eigenvalue weighted by Crippen LogP contribution is -2.58. The highest BCUT2D eigenvalue weighted by Crippen LogP contribution is 2.07. The Labute approximate surface area is 226 Å². The number of carbonyl (C=O) groups is 4. The van der Waals surface area contributed by atoms with Crippen LogP contribution in [-0.2, 0) is 19.2 Å². The number of rotatable bonds is 19. The van der Waals surface area contributed by atoms with Crippen LogP contribution in [0.15, 0.2) is 9.98 Å². The van der Waals surface area contributed by atoms with Crippen LogP contribution in [0.2, 0.25) is 0 Å². The summed E-state index contributed by atoms with van der Waals surface area (Å²) < 4.78 is 0. The topological polar surface area (TPSA) is 300 Å². The van der Waals surface area contributed by atoms with Crippen molar-refractivity contribution in [2.75, 3.05) is 25.1 Å². The van der Waals surface area contributed by atoms with E-state index in [-0.39, 0.29) is 57.1 Å². The maximum atomic E-state index is 13.1. The monoisotopic (exact) mass is 562 g/mol. The first-order valence-electron chi connectivity index (χ1n) is 12.0. The van der Waals surface area contributed by atoms with Gasteiger partial charge in [-0.1, -0.05) is 0 Å². The molecule has 16 nitrogen and oxygen atoms in total. The average Bonchev–Trinajstić information content (AvgIpc) is 2.83. The van der Waals surface area contributed by atoms with Crippen LogP contribution in [0.1, 0.15) is 39.0 Å². The number of aliphatic carboxylic acids is 1. The highest BCUT2D eigenvalue weighted by atomic mass is 32.2. The fourth-order valence-corrected chi connectivity index (χ4v) is 3.54. The van der Waals surface area contributed by atoms with E-state index in [2.05, 4.69) is 25.9 Å². The molecule has 0 fully saturated rings. The minimum absolute atomic E-state index is 0.0379. The Morgan fingerprint density at radius 3 is 1.63 bits per heavy atom. The Kier molecular flexibility index (Phi) is 17.2. The zero-order chi connectivity index (χ0) is 29.3. The summed E-state index contributed by atoms with van der Waals surface area (Å²) in [7, 11) is 0. The molecule has 38 heavy (non-hydrogen) atoms. The average molecular weight is 563 g/mol. The molecule has 0 radical (unpaired) electrons. The van der Waals surface area contributed by atoms with Crippen LogP contribution < -0.4 is 44.6 Å². The lowest BCUT2D eigenvalue weighted by atomic mass is 10.1. The molecule has 0 aliphatic rings. The van der Waals surface area contributed by atoms with Gasteiger partial charge in [-0.15, -0.1) is 0 Å². The molecule has 218 valence electrons. The number of aliphatic imine (C=N–C) groups is 2. The molecule has 0 aromatic carbocycles. The number of guanidine groups is 2. The summed E-state index contributed by atoms with van der Waals surface area (Å²) in [4.78, 5) is 57.8. The van der Waals surface area contributed by atoms with Gasteiger partial charge in [0.15, 0.2) is 11.9 Å². The van der Waals surface area contributed by atoms with E-state index < -0.39 is 54.0 Å². The van der Waals surface area contributed by atoms with Gasteiger partial charge in [0.25, 0.3) is 0 Å². The van der Waals surface area contributed by atoms with Crippen molar-refractivity contribution in [3.05, 3.63) is 0 Å². The van der Waals surface area contributed by atoms with E-state index in [4.69, 9.17) is 28.7 Å². The van der Waals surface area contributed by atoms with Crippen molar-refractivity contribution in [1.29, 1.82) is 0 Å². The summed E-state index contributed by atoms with van der Waals surface area (Å²) in [5, 5.41) is 26.6. The van der Waals surface area contributed by atoms with Gasteiger partial charge >= 0.3 is 5.97 Å². The van der Waals surface area contributed by atoms with Crippen LogP contribution in [0.25, 0.3) is 0 Å². The standard InChI is InChI=1S/C21H42N10O6S/c1-11(32)15(22)18(35)30-13(7-10-38-2)17(34)29-12(5-3-8-27-20(23)24)16(33)31-14(19(36)37)6-4-9-28-21(25)26/h11-15,32H,3-10,22H2,1-2H3,(H,29,34)(H,30,35)(H,31,33)(H,36,37)(H4,23,24,27)(H4,25,26,28). The van der Waals surface area contributed by atoms with Crippen molar-refractivity contribution >= 4 is 47.4 Å². The number of amides is 3. The van der Waals surface area contributed by atoms with E-state index in [0.717, 1.165) is 0 Å². The van der Waals surface area contributed by atoms with Crippen LogP contribution in [0.4, 0.5) is 0 Å². The summed E-state index contributed by atoms with van der Waals surface area (Å²) in [6.45, 7) is 1.68. The third kappa shape index (κ3) is 15.1. The van der Waals surface area contributed by atoms with Gasteiger partial charge in [0.1, 0.15) is 24.2 Å². The van der Waals surface area contributed by atoms with Crippen LogP contribution in [-0.4, -0.2) is 101 Å². The Bertz CT molecular complexity index is 833. The predicted octanol–water partition coefficient (Wildman–Crippen LogP) is -3.91. The molecule has 15 N–H and O–H groups in total. The molecule has 0 spiro atoms. The molecule has 0 bridgehead atoms. The fraction of sp³-hybridized carbons (Fsp3) is 0.714. The second-order valence-electron chi connectivity index (χ2n) is 8.47. The number of nitrogens with one attached hydrogen (secondary N) is 3. The summed E-state index contributed by atoms with van der Waals surface area (Å²) >= 11 is 1.44. The minimum Gasteiger partial charge on any atom is -0.480 e. The lowest BCUT2D eigenvalue weighted by Gasteiger charge is -2.25. The SMILES string of the molecule is CSCCC(NC(=O)C(N)C(C)O)C(=O)NC(CCCN=C(N)N)C(=O)NC(CCCN=C(N)N)C(=O)O. The predicted molar refractivity (Wildman–Crippen MR) is 146 cm³/mol. The molecule has 5 atom stereocenters. The van der Waals surface area contributed by atoms with Crippen molar-refractivity contribution in [3.63, 3.8) is 0 Å². The first-order chi connectivity index (χ1) is 17.8. The van der Waals surface area contributed by atoms with Crippen molar-refractivity contribution in [2.24, 2.45) is 38.7 Å². The highest BCUT2D eigenvalue weighted by molar-refractivity contribution is 7.98. The van der Waals surface area contributed by atoms with Crippen LogP contribution in [0, 0.1) is 0 Å². The summed E-state index contributed by atoms with van der Waals surface area (Å²) in [6, 6.07) is -4.73. The largest absolute Gasteiger partial charge is 0.480 e. The zero-order valence-corrected chi connectivity index (χ0v) is 22.6. The number of hydrogen-bond acceptors (Lipinski definition) is 9. The van der Waals surface area contributed by atoms with Crippen molar-refractivity contribution < 1.29 is 29.4 Å². The van der Waals surface area contributed by atoms with E-state index in [1.165, 1.54) is 18.7 Å². The molecule has 3 amide bonds. The van der Waals surface area contributed by atoms with Gasteiger partial charge in [0.2, 0.25) is 17.7 Å². The molecule has 0 aliphatic heterocycles. The quantitative estimate of drug-likeness (QED) is 0.0410. The Morgan fingerprint density at radius 1 is 0.789 bits per heavy atom. The fourth-order valence-electron chi connectivity index (χ4n) is 3.07. The number of nitrogens with two attached hydrogens (primary N) is 5. The molecule has 17 heteroatoms. The van der Waals surface area contributed by atoms with Gasteiger partial charge in [-0.3, -0.25) is 24.4 Å². The molecule has 5 unspecified atom stereocenters. The molecule has 0 aromatic rings. The van der Waals surface area contributed by atoms with Gasteiger partial charge in [0.05, 0.1) is 6.10 Å². The first kappa shape index (κ1) is 34.7. The summed E-state index contributed by atoms with van der Waals surface area (Å²) in [6.07, 6.45) is 1.57. The number of carboxylic acid groups (broad SMARTS) is 1. The number of aliphatic hydroxyl groups excluding tert-OH is 1. The molecule has 0 aromatic heterocycles. The van der Waals surface area contributed by atoms with E-state index >= 15 is 0 Å². The zero-order valence-electron chi connectivity index (χ0n) is 21.8. The molecule has 0 saturated carbocycles. The second-order valence-corrected chi connectivity index (χ2v) is 9.45. The van der Waals surface area contributed by atoms with Gasteiger partial charge in [-0.2, -0.15) is 11.8 Å². The van der Waals surface area contributed by atoms with Gasteiger partial charge in [0, 0.05) is 13.1 Å². The number of aliphatic hydroxyl groups is 1. The Hall–Kier alpha value is -3.31. The number of thioether (sulfide) groups is 1. The molecule has 0 aliphatic carbocycles. The normalized spacial score (nSPS) is 14.6. The van der Waals surface area contributed by atoms with Crippen molar-refractivity contribution in [2.45, 2.75) is 69.3 Å². The lowest BCUT2D eigenvalue weighted by molar-refractivity contribution is -0.142. The van der Waals surface area contributed by atoms with Crippen LogP contribution >= 0.6 is 11.8 Å². The summed E-state index contributed by atoms with van der Waals surface area (Å²) in [5.74, 6) is -3.20. The van der Waals surface area contributed by atoms with Gasteiger partial charge in [-0.25, -0.2) is 4.79 Å². The number of carboxylic acids is 1. The molecular formula is C21H42N10O6S. The molecule has 0 rings (SSSR count). The third-order valence-corrected chi connectivity index (χ3v) is 5.85. The second kappa shape index (κ2) is 18.9. The van der Waals surface area contributed by atoms with Crippen molar-refractivity contribution in [3.8, 4) is 0 Å². The molecule has 0 saturated heterocycles. The van der Waals surface area contributed by atoms with E-state index in [1.807, 2.05) is 6.26 Å².